The average molecular weight is 291 g/mol. The highest BCUT2D eigenvalue weighted by atomic mass is 32.2. The fourth-order valence-corrected chi connectivity index (χ4v) is 2.79. The molecule has 3 N–H and O–H groups in total. The first-order valence-electron chi connectivity index (χ1n) is 5.51. The number of nitrogens with two attached hydrogens (primary N) is 1. The van der Waals surface area contributed by atoms with Gasteiger partial charge < -0.3 is 5.73 Å². The minimum atomic E-state index is -4.16. The van der Waals surface area contributed by atoms with Crippen molar-refractivity contribution >= 4 is 21.4 Å². The quantitative estimate of drug-likeness (QED) is 0.846. The number of hydrogen-bond acceptors (Lipinski definition) is 4. The highest BCUT2D eigenvalue weighted by molar-refractivity contribution is 7.92. The number of nitrogen functional groups attached to an aromatic ring is 1. The molecule has 0 radical (unpaired) electrons. The summed E-state index contributed by atoms with van der Waals surface area (Å²) in [4.78, 5) is -0.565. The monoisotopic (exact) mass is 291 g/mol. The maximum Gasteiger partial charge on any atom is 0.264 e. The summed E-state index contributed by atoms with van der Waals surface area (Å²) < 4.78 is 40.0. The summed E-state index contributed by atoms with van der Waals surface area (Å²) in [5, 5.41) is 8.91. The molecule has 0 fully saturated rings. The average Bonchev–Trinajstić information content (AvgIpc) is 2.41. The Kier molecular flexibility index (Phi) is 3.59. The molecule has 0 atom stereocenters. The number of nitriles is 1. The summed E-state index contributed by atoms with van der Waals surface area (Å²) in [6.45, 7) is 0. The minimum Gasteiger partial charge on any atom is -0.399 e. The minimum absolute atomic E-state index is 0.0804. The Morgan fingerprint density at radius 1 is 1.20 bits per heavy atom. The molecule has 0 spiro atoms. The third kappa shape index (κ3) is 2.70. The lowest BCUT2D eigenvalue weighted by molar-refractivity contribution is 0.570. The van der Waals surface area contributed by atoms with E-state index in [0.29, 0.717) is 0 Å². The first kappa shape index (κ1) is 13.8. The van der Waals surface area contributed by atoms with Crippen molar-refractivity contribution in [3.05, 3.63) is 53.8 Å². The van der Waals surface area contributed by atoms with E-state index in [9.17, 15) is 12.8 Å². The van der Waals surface area contributed by atoms with E-state index in [-0.39, 0.29) is 16.9 Å². The Balaban J connectivity index is 2.47. The summed E-state index contributed by atoms with van der Waals surface area (Å²) >= 11 is 0. The third-order valence-electron chi connectivity index (χ3n) is 2.54. The third-order valence-corrected chi connectivity index (χ3v) is 3.92. The first-order valence-corrected chi connectivity index (χ1v) is 6.99. The summed E-state index contributed by atoms with van der Waals surface area (Å²) in [5.74, 6) is -0.916. The second-order valence-corrected chi connectivity index (χ2v) is 5.60. The van der Waals surface area contributed by atoms with Gasteiger partial charge in [-0.1, -0.05) is 12.1 Å². The maximum absolute atomic E-state index is 13.6. The van der Waals surface area contributed by atoms with Crippen LogP contribution in [0.5, 0.6) is 0 Å². The summed E-state index contributed by atoms with van der Waals surface area (Å²) in [7, 11) is -4.16. The van der Waals surface area contributed by atoms with Crippen molar-refractivity contribution in [2.75, 3.05) is 10.5 Å². The molecule has 0 amide bonds. The molecule has 0 saturated carbocycles. The van der Waals surface area contributed by atoms with E-state index in [2.05, 4.69) is 4.72 Å². The van der Waals surface area contributed by atoms with E-state index in [0.717, 1.165) is 12.1 Å². The predicted molar refractivity (Wildman–Crippen MR) is 72.8 cm³/mol. The molecule has 0 bridgehead atoms. The molecule has 0 aliphatic heterocycles. The van der Waals surface area contributed by atoms with Crippen molar-refractivity contribution in [2.45, 2.75) is 4.90 Å². The van der Waals surface area contributed by atoms with Crippen molar-refractivity contribution < 1.29 is 12.8 Å². The molecule has 0 unspecified atom stereocenters. The van der Waals surface area contributed by atoms with Crippen molar-refractivity contribution in [2.24, 2.45) is 0 Å². The molecule has 0 saturated heterocycles. The molecule has 7 heteroatoms. The highest BCUT2D eigenvalue weighted by Gasteiger charge is 2.20. The van der Waals surface area contributed by atoms with Crippen molar-refractivity contribution in [3.63, 3.8) is 0 Å². The van der Waals surface area contributed by atoms with Crippen LogP contribution in [-0.2, 0) is 10.0 Å². The number of nitrogens with one attached hydrogen (secondary N) is 1. The van der Waals surface area contributed by atoms with Gasteiger partial charge in [0.25, 0.3) is 10.0 Å². The van der Waals surface area contributed by atoms with Gasteiger partial charge in [0.2, 0.25) is 0 Å². The lowest BCUT2D eigenvalue weighted by atomic mass is 10.2. The van der Waals surface area contributed by atoms with Crippen LogP contribution >= 0.6 is 0 Å². The fraction of sp³-hybridized carbons (Fsp3) is 0. The fourth-order valence-electron chi connectivity index (χ4n) is 1.60. The zero-order chi connectivity index (χ0) is 14.8. The van der Waals surface area contributed by atoms with Crippen LogP contribution in [0.3, 0.4) is 0 Å². The lowest BCUT2D eigenvalue weighted by Crippen LogP contribution is -2.15. The number of hydrogen-bond donors (Lipinski definition) is 2. The van der Waals surface area contributed by atoms with E-state index in [1.807, 2.05) is 6.07 Å². The zero-order valence-electron chi connectivity index (χ0n) is 10.2. The van der Waals surface area contributed by atoms with Crippen molar-refractivity contribution in [1.82, 2.24) is 0 Å². The summed E-state index contributed by atoms with van der Waals surface area (Å²) in [6, 6.07) is 11.1. The van der Waals surface area contributed by atoms with Crippen LogP contribution in [0.25, 0.3) is 0 Å². The van der Waals surface area contributed by atoms with Gasteiger partial charge in [-0.05, 0) is 30.3 Å². The van der Waals surface area contributed by atoms with Gasteiger partial charge in [0.05, 0.1) is 11.3 Å². The van der Waals surface area contributed by atoms with Crippen molar-refractivity contribution in [3.8, 4) is 6.07 Å². The van der Waals surface area contributed by atoms with E-state index < -0.39 is 20.7 Å². The molecule has 2 aromatic carbocycles. The van der Waals surface area contributed by atoms with Crippen LogP contribution in [0.1, 0.15) is 5.56 Å². The molecule has 0 aromatic heterocycles. The molecule has 0 aliphatic rings. The van der Waals surface area contributed by atoms with Gasteiger partial charge in [-0.3, -0.25) is 4.72 Å². The Morgan fingerprint density at radius 2 is 1.90 bits per heavy atom. The van der Waals surface area contributed by atoms with Crippen molar-refractivity contribution in [1.29, 1.82) is 5.26 Å². The molecule has 102 valence electrons. The van der Waals surface area contributed by atoms with Crippen LogP contribution < -0.4 is 10.5 Å². The van der Waals surface area contributed by atoms with Crippen LogP contribution in [-0.4, -0.2) is 8.42 Å². The Morgan fingerprint density at radius 3 is 2.60 bits per heavy atom. The molecule has 5 nitrogen and oxygen atoms in total. The molecule has 2 rings (SSSR count). The van der Waals surface area contributed by atoms with Crippen LogP contribution in [0.4, 0.5) is 15.8 Å². The van der Waals surface area contributed by atoms with E-state index in [1.165, 1.54) is 18.2 Å². The number of sulfonamides is 1. The number of nitrogens with zero attached hydrogens (tertiary/aromatic N) is 1. The number of para-hydroxylation sites is 1. The summed E-state index contributed by atoms with van der Waals surface area (Å²) in [6.07, 6.45) is 0. The maximum atomic E-state index is 13.6. The number of anilines is 2. The molecular weight excluding hydrogens is 281 g/mol. The topological polar surface area (TPSA) is 96.0 Å². The highest BCUT2D eigenvalue weighted by Crippen LogP contribution is 2.22. The van der Waals surface area contributed by atoms with Gasteiger partial charge in [-0.25, -0.2) is 12.8 Å². The number of benzene rings is 2. The van der Waals surface area contributed by atoms with Gasteiger partial charge in [0.1, 0.15) is 16.8 Å². The van der Waals surface area contributed by atoms with Gasteiger partial charge in [0, 0.05) is 5.69 Å². The second-order valence-electron chi connectivity index (χ2n) is 3.95. The van der Waals surface area contributed by atoms with Gasteiger partial charge >= 0.3 is 0 Å². The Hall–Kier alpha value is -2.59. The molecule has 0 heterocycles. The molecule has 2 aromatic rings. The Labute approximate surface area is 115 Å². The van der Waals surface area contributed by atoms with Crippen LogP contribution in [0.2, 0.25) is 0 Å². The summed E-state index contributed by atoms with van der Waals surface area (Å²) in [5.41, 5.74) is 5.81. The van der Waals surface area contributed by atoms with E-state index in [1.54, 1.807) is 12.1 Å². The normalized spacial score (nSPS) is 10.8. The second kappa shape index (κ2) is 5.19. The largest absolute Gasteiger partial charge is 0.399 e. The number of halogens is 1. The van der Waals surface area contributed by atoms with Gasteiger partial charge in [-0.15, -0.1) is 0 Å². The Bertz CT molecular complexity index is 798. The van der Waals surface area contributed by atoms with Crippen LogP contribution in [0.15, 0.2) is 47.4 Å². The molecular formula is C13H10FN3O2S. The lowest BCUT2D eigenvalue weighted by Gasteiger charge is -2.10. The molecule has 0 aliphatic carbocycles. The number of rotatable bonds is 3. The first-order chi connectivity index (χ1) is 9.44. The van der Waals surface area contributed by atoms with Gasteiger partial charge in [-0.2, -0.15) is 5.26 Å². The van der Waals surface area contributed by atoms with E-state index >= 15 is 0 Å². The van der Waals surface area contributed by atoms with E-state index in [4.69, 9.17) is 11.0 Å². The SMILES string of the molecule is N#Cc1ccccc1NS(=O)(=O)c1cc(N)ccc1F. The smallest absolute Gasteiger partial charge is 0.264 e. The zero-order valence-corrected chi connectivity index (χ0v) is 11.0. The van der Waals surface area contributed by atoms with Gasteiger partial charge in [0.15, 0.2) is 0 Å². The predicted octanol–water partition coefficient (Wildman–Crippen LogP) is 2.08. The van der Waals surface area contributed by atoms with Crippen LogP contribution in [0, 0.1) is 17.1 Å². The molecule has 20 heavy (non-hydrogen) atoms. The standard InChI is InChI=1S/C13H10FN3O2S/c14-11-6-5-10(16)7-13(11)20(18,19)17-12-4-2-1-3-9(12)8-15/h1-7,17H,16H2.